The number of amides is 1. The summed E-state index contributed by atoms with van der Waals surface area (Å²) in [5.41, 5.74) is 0.445. The van der Waals surface area contributed by atoms with Gasteiger partial charge in [0, 0.05) is 42.3 Å². The quantitative estimate of drug-likeness (QED) is 0.673. The minimum Gasteiger partial charge on any atom is -0.497 e. The van der Waals surface area contributed by atoms with Gasteiger partial charge in [0.25, 0.3) is 5.91 Å². The molecule has 3 rings (SSSR count). The van der Waals surface area contributed by atoms with Crippen molar-refractivity contribution in [1.29, 1.82) is 0 Å². The van der Waals surface area contributed by atoms with Crippen molar-refractivity contribution in [3.63, 3.8) is 0 Å². The van der Waals surface area contributed by atoms with Crippen LogP contribution in [0.4, 0.5) is 0 Å². The van der Waals surface area contributed by atoms with E-state index >= 15 is 0 Å². The van der Waals surface area contributed by atoms with Crippen LogP contribution in [-0.4, -0.2) is 63.9 Å². The summed E-state index contributed by atoms with van der Waals surface area (Å²) in [5.74, 6) is 0.871. The molecule has 2 aromatic rings. The van der Waals surface area contributed by atoms with Crippen LogP contribution in [0.5, 0.6) is 11.5 Å². The number of piperazine rings is 1. The maximum absolute atomic E-state index is 12.8. The molecule has 9 heteroatoms. The number of carbonyl (C=O) groups is 1. The standard InChI is InChI=1S/C19H21BrN2O5S/c1-26-16-11-14(12-17(13-16)27-2)19(23)21-7-9-22(10-8-21)28(24,25)18-5-3-15(20)4-6-18/h3-6,11-13H,7-10H2,1-2H3. The number of halogens is 1. The number of methoxy groups -OCH3 is 2. The summed E-state index contributed by atoms with van der Waals surface area (Å²) in [6.07, 6.45) is 0. The van der Waals surface area contributed by atoms with Gasteiger partial charge in [0.15, 0.2) is 0 Å². The molecule has 0 saturated carbocycles. The van der Waals surface area contributed by atoms with Crippen LogP contribution in [0.1, 0.15) is 10.4 Å². The average Bonchev–Trinajstić information content (AvgIpc) is 2.73. The average molecular weight is 469 g/mol. The molecule has 1 amide bonds. The van der Waals surface area contributed by atoms with Gasteiger partial charge in [-0.15, -0.1) is 0 Å². The third kappa shape index (κ3) is 4.31. The Labute approximate surface area is 173 Å². The number of rotatable bonds is 5. The Morgan fingerprint density at radius 2 is 1.46 bits per heavy atom. The zero-order valence-corrected chi connectivity index (χ0v) is 18.0. The Hall–Kier alpha value is -2.10. The van der Waals surface area contributed by atoms with E-state index in [2.05, 4.69) is 15.9 Å². The predicted octanol–water partition coefficient (Wildman–Crippen LogP) is 2.61. The highest BCUT2D eigenvalue weighted by Crippen LogP contribution is 2.25. The van der Waals surface area contributed by atoms with E-state index in [-0.39, 0.29) is 23.9 Å². The molecule has 2 aromatic carbocycles. The van der Waals surface area contributed by atoms with Gasteiger partial charge in [-0.1, -0.05) is 15.9 Å². The zero-order valence-electron chi connectivity index (χ0n) is 15.6. The molecule has 1 saturated heterocycles. The fourth-order valence-electron chi connectivity index (χ4n) is 3.00. The number of benzene rings is 2. The van der Waals surface area contributed by atoms with Gasteiger partial charge in [-0.3, -0.25) is 4.79 Å². The van der Waals surface area contributed by atoms with Gasteiger partial charge in [-0.2, -0.15) is 4.31 Å². The monoisotopic (exact) mass is 468 g/mol. The maximum Gasteiger partial charge on any atom is 0.254 e. The second-order valence-corrected chi connectivity index (χ2v) is 9.11. The van der Waals surface area contributed by atoms with Crippen molar-refractivity contribution in [1.82, 2.24) is 9.21 Å². The molecular formula is C19H21BrN2O5S. The van der Waals surface area contributed by atoms with Crippen molar-refractivity contribution in [2.45, 2.75) is 4.90 Å². The topological polar surface area (TPSA) is 76.2 Å². The molecule has 0 aliphatic carbocycles. The Balaban J connectivity index is 1.71. The fraction of sp³-hybridized carbons (Fsp3) is 0.316. The lowest BCUT2D eigenvalue weighted by Crippen LogP contribution is -2.50. The Morgan fingerprint density at radius 3 is 1.96 bits per heavy atom. The summed E-state index contributed by atoms with van der Waals surface area (Å²) in [6.45, 7) is 1.11. The molecule has 1 heterocycles. The highest BCUT2D eigenvalue weighted by molar-refractivity contribution is 9.10. The van der Waals surface area contributed by atoms with Crippen molar-refractivity contribution in [3.8, 4) is 11.5 Å². The second kappa shape index (κ2) is 8.50. The number of nitrogens with zero attached hydrogens (tertiary/aromatic N) is 2. The fourth-order valence-corrected chi connectivity index (χ4v) is 4.69. The smallest absolute Gasteiger partial charge is 0.254 e. The van der Waals surface area contributed by atoms with Crippen LogP contribution in [0.25, 0.3) is 0 Å². The molecular weight excluding hydrogens is 448 g/mol. The molecule has 7 nitrogen and oxygen atoms in total. The van der Waals surface area contributed by atoms with Gasteiger partial charge in [-0.25, -0.2) is 8.42 Å². The molecule has 0 radical (unpaired) electrons. The van der Waals surface area contributed by atoms with Crippen LogP contribution in [-0.2, 0) is 10.0 Å². The third-order valence-corrected chi connectivity index (χ3v) is 7.02. The lowest BCUT2D eigenvalue weighted by atomic mass is 10.1. The van der Waals surface area contributed by atoms with Crippen molar-refractivity contribution in [2.24, 2.45) is 0 Å². The minimum atomic E-state index is -3.58. The maximum atomic E-state index is 12.8. The number of sulfonamides is 1. The number of hydrogen-bond acceptors (Lipinski definition) is 5. The van der Waals surface area contributed by atoms with E-state index in [0.29, 0.717) is 30.2 Å². The molecule has 0 spiro atoms. The first-order valence-corrected chi connectivity index (χ1v) is 10.9. The first kappa shape index (κ1) is 20.6. The minimum absolute atomic E-state index is 0.183. The van der Waals surface area contributed by atoms with E-state index in [4.69, 9.17) is 9.47 Å². The normalized spacial score (nSPS) is 15.3. The van der Waals surface area contributed by atoms with Crippen molar-refractivity contribution >= 4 is 31.9 Å². The van der Waals surface area contributed by atoms with Crippen LogP contribution in [0.2, 0.25) is 0 Å². The molecule has 150 valence electrons. The van der Waals surface area contributed by atoms with Crippen LogP contribution >= 0.6 is 15.9 Å². The first-order valence-electron chi connectivity index (χ1n) is 8.63. The van der Waals surface area contributed by atoms with E-state index < -0.39 is 10.0 Å². The van der Waals surface area contributed by atoms with E-state index in [0.717, 1.165) is 4.47 Å². The van der Waals surface area contributed by atoms with Crippen LogP contribution in [0.3, 0.4) is 0 Å². The Morgan fingerprint density at radius 1 is 0.929 bits per heavy atom. The van der Waals surface area contributed by atoms with Crippen LogP contribution in [0, 0.1) is 0 Å². The van der Waals surface area contributed by atoms with Gasteiger partial charge in [0.1, 0.15) is 11.5 Å². The van der Waals surface area contributed by atoms with Crippen molar-refractivity contribution < 1.29 is 22.7 Å². The molecule has 1 fully saturated rings. The summed E-state index contributed by atoms with van der Waals surface area (Å²) >= 11 is 3.30. The molecule has 0 unspecified atom stereocenters. The van der Waals surface area contributed by atoms with Gasteiger partial charge in [0.2, 0.25) is 10.0 Å². The zero-order chi connectivity index (χ0) is 20.3. The lowest BCUT2D eigenvalue weighted by molar-refractivity contribution is 0.0697. The number of ether oxygens (including phenoxy) is 2. The van der Waals surface area contributed by atoms with Crippen LogP contribution < -0.4 is 9.47 Å². The van der Waals surface area contributed by atoms with E-state index in [1.54, 1.807) is 47.4 Å². The van der Waals surface area contributed by atoms with Gasteiger partial charge >= 0.3 is 0 Å². The molecule has 1 aliphatic heterocycles. The SMILES string of the molecule is COc1cc(OC)cc(C(=O)N2CCN(S(=O)(=O)c3ccc(Br)cc3)CC2)c1. The summed E-state index contributed by atoms with van der Waals surface area (Å²) in [5, 5.41) is 0. The second-order valence-electron chi connectivity index (χ2n) is 6.25. The summed E-state index contributed by atoms with van der Waals surface area (Å²) in [4.78, 5) is 14.7. The van der Waals surface area contributed by atoms with Crippen LogP contribution in [0.15, 0.2) is 51.8 Å². The largest absolute Gasteiger partial charge is 0.497 e. The Kier molecular flexibility index (Phi) is 6.26. The van der Waals surface area contributed by atoms with Crippen molar-refractivity contribution in [2.75, 3.05) is 40.4 Å². The highest BCUT2D eigenvalue weighted by atomic mass is 79.9. The predicted molar refractivity (Wildman–Crippen MR) is 108 cm³/mol. The molecule has 28 heavy (non-hydrogen) atoms. The molecule has 0 atom stereocenters. The molecule has 1 aliphatic rings. The van der Waals surface area contributed by atoms with E-state index in [1.807, 2.05) is 0 Å². The summed E-state index contributed by atoms with van der Waals surface area (Å²) in [6, 6.07) is 11.5. The summed E-state index contributed by atoms with van der Waals surface area (Å²) in [7, 11) is -0.534. The Bertz CT molecular complexity index is 933. The van der Waals surface area contributed by atoms with Gasteiger partial charge < -0.3 is 14.4 Å². The molecule has 0 bridgehead atoms. The van der Waals surface area contributed by atoms with E-state index in [1.165, 1.54) is 18.5 Å². The molecule has 0 N–H and O–H groups in total. The summed E-state index contributed by atoms with van der Waals surface area (Å²) < 4.78 is 38.2. The molecule has 0 aromatic heterocycles. The lowest BCUT2D eigenvalue weighted by Gasteiger charge is -2.34. The van der Waals surface area contributed by atoms with Gasteiger partial charge in [-0.05, 0) is 36.4 Å². The van der Waals surface area contributed by atoms with E-state index in [9.17, 15) is 13.2 Å². The van der Waals surface area contributed by atoms with Crippen molar-refractivity contribution in [3.05, 3.63) is 52.5 Å². The number of carbonyl (C=O) groups excluding carboxylic acids is 1. The number of hydrogen-bond donors (Lipinski definition) is 0. The third-order valence-electron chi connectivity index (χ3n) is 4.58. The highest BCUT2D eigenvalue weighted by Gasteiger charge is 2.30. The van der Waals surface area contributed by atoms with Gasteiger partial charge in [0.05, 0.1) is 19.1 Å². The first-order chi connectivity index (χ1) is 13.3.